The number of carbonyl (C=O) groups is 1. The maximum Gasteiger partial charge on any atom is 0.149 e. The first-order chi connectivity index (χ1) is 6.76. The van der Waals surface area contributed by atoms with Gasteiger partial charge in [-0.1, -0.05) is 29.7 Å². The zero-order chi connectivity index (χ0) is 10.8. The lowest BCUT2D eigenvalue weighted by atomic mass is 10.0. The average Bonchev–Trinajstić information content (AvgIpc) is 2.21. The van der Waals surface area contributed by atoms with Crippen LogP contribution in [0.25, 0.3) is 0 Å². The van der Waals surface area contributed by atoms with Gasteiger partial charge in [-0.15, -0.1) is 0 Å². The standard InChI is InChI=1S/C10H23N2OP/c1-3-10(13)9(11-4-2)7-5-6-8-12-14/h9,11-12H,3-8,14H2,1-2H3. The van der Waals surface area contributed by atoms with Gasteiger partial charge in [0, 0.05) is 6.42 Å². The second kappa shape index (κ2) is 9.57. The van der Waals surface area contributed by atoms with Crippen molar-refractivity contribution in [1.82, 2.24) is 10.4 Å². The molecule has 3 nitrogen and oxygen atoms in total. The van der Waals surface area contributed by atoms with E-state index in [1.165, 1.54) is 0 Å². The maximum absolute atomic E-state index is 11.5. The molecule has 0 aliphatic carbocycles. The van der Waals surface area contributed by atoms with Crippen molar-refractivity contribution < 1.29 is 4.79 Å². The fraction of sp³-hybridized carbons (Fsp3) is 0.900. The van der Waals surface area contributed by atoms with E-state index in [1.54, 1.807) is 0 Å². The highest BCUT2D eigenvalue weighted by Gasteiger charge is 2.13. The highest BCUT2D eigenvalue weighted by Crippen LogP contribution is 2.03. The Kier molecular flexibility index (Phi) is 9.58. The molecular weight excluding hydrogens is 195 g/mol. The van der Waals surface area contributed by atoms with E-state index < -0.39 is 0 Å². The van der Waals surface area contributed by atoms with Crippen molar-refractivity contribution in [2.75, 3.05) is 13.1 Å². The predicted octanol–water partition coefficient (Wildman–Crippen LogP) is 1.49. The summed E-state index contributed by atoms with van der Waals surface area (Å²) in [4.78, 5) is 11.5. The van der Waals surface area contributed by atoms with Crippen LogP contribution in [0.4, 0.5) is 0 Å². The number of rotatable bonds is 9. The van der Waals surface area contributed by atoms with Crippen LogP contribution >= 0.6 is 9.39 Å². The molecule has 0 saturated heterocycles. The van der Waals surface area contributed by atoms with Crippen molar-refractivity contribution >= 4 is 15.2 Å². The molecule has 0 aromatic rings. The molecule has 0 amide bonds. The van der Waals surface area contributed by atoms with Crippen LogP contribution in [0.15, 0.2) is 0 Å². The van der Waals surface area contributed by atoms with Gasteiger partial charge in [-0.25, -0.2) is 0 Å². The summed E-state index contributed by atoms with van der Waals surface area (Å²) in [6.45, 7) is 5.85. The zero-order valence-corrected chi connectivity index (χ0v) is 10.5. The lowest BCUT2D eigenvalue weighted by Crippen LogP contribution is -2.36. The number of likely N-dealkylation sites (N-methyl/N-ethyl adjacent to an activating group) is 1. The molecule has 2 N–H and O–H groups in total. The molecule has 2 unspecified atom stereocenters. The number of hydrogen-bond acceptors (Lipinski definition) is 3. The average molecular weight is 218 g/mol. The van der Waals surface area contributed by atoms with E-state index in [0.717, 1.165) is 32.4 Å². The molecule has 0 aliphatic heterocycles. The van der Waals surface area contributed by atoms with Crippen molar-refractivity contribution in [3.8, 4) is 0 Å². The Morgan fingerprint density at radius 2 is 2.07 bits per heavy atom. The number of carbonyl (C=O) groups excluding carboxylic acids is 1. The highest BCUT2D eigenvalue weighted by molar-refractivity contribution is 7.13. The summed E-state index contributed by atoms with van der Waals surface area (Å²) in [6.07, 6.45) is 3.83. The van der Waals surface area contributed by atoms with Crippen LogP contribution in [-0.2, 0) is 4.79 Å². The quantitative estimate of drug-likeness (QED) is 0.455. The summed E-state index contributed by atoms with van der Waals surface area (Å²) in [5.41, 5.74) is 0. The van der Waals surface area contributed by atoms with Gasteiger partial charge in [0.05, 0.1) is 6.04 Å². The Bertz CT molecular complexity index is 153. The van der Waals surface area contributed by atoms with E-state index in [9.17, 15) is 4.79 Å². The van der Waals surface area contributed by atoms with E-state index in [1.807, 2.05) is 13.8 Å². The minimum absolute atomic E-state index is 0.0782. The second-order valence-electron chi connectivity index (χ2n) is 3.38. The number of Topliss-reactive ketones (excluding diaryl/α,β-unsaturated/α-hetero) is 1. The molecule has 0 aliphatic rings. The molecule has 4 heteroatoms. The fourth-order valence-electron chi connectivity index (χ4n) is 1.45. The number of hydrogen-bond donors (Lipinski definition) is 2. The van der Waals surface area contributed by atoms with Crippen molar-refractivity contribution in [1.29, 1.82) is 0 Å². The summed E-state index contributed by atoms with van der Waals surface area (Å²) < 4.78 is 0. The largest absolute Gasteiger partial charge is 0.308 e. The molecule has 0 spiro atoms. The number of unbranched alkanes of at least 4 members (excludes halogenated alkanes) is 1. The molecule has 14 heavy (non-hydrogen) atoms. The Balaban J connectivity index is 3.67. The summed E-state index contributed by atoms with van der Waals surface area (Å²) >= 11 is 0. The van der Waals surface area contributed by atoms with Crippen LogP contribution in [0, 0.1) is 0 Å². The third-order valence-corrected chi connectivity index (χ3v) is 2.54. The van der Waals surface area contributed by atoms with E-state index in [4.69, 9.17) is 0 Å². The van der Waals surface area contributed by atoms with Crippen LogP contribution in [-0.4, -0.2) is 24.9 Å². The topological polar surface area (TPSA) is 41.1 Å². The molecule has 0 fully saturated rings. The van der Waals surface area contributed by atoms with Crippen molar-refractivity contribution in [3.63, 3.8) is 0 Å². The minimum Gasteiger partial charge on any atom is -0.308 e. The second-order valence-corrected chi connectivity index (χ2v) is 3.79. The summed E-state index contributed by atoms with van der Waals surface area (Å²) in [5, 5.41) is 6.26. The molecule has 0 bridgehead atoms. The van der Waals surface area contributed by atoms with Crippen LogP contribution in [0.2, 0.25) is 0 Å². The van der Waals surface area contributed by atoms with E-state index in [-0.39, 0.29) is 6.04 Å². The Hall–Kier alpha value is 0.0200. The van der Waals surface area contributed by atoms with Crippen LogP contribution in [0.5, 0.6) is 0 Å². The first-order valence-electron chi connectivity index (χ1n) is 5.45. The summed E-state index contributed by atoms with van der Waals surface area (Å²) in [7, 11) is 2.49. The number of nitrogens with one attached hydrogen (secondary N) is 2. The van der Waals surface area contributed by atoms with Gasteiger partial charge in [-0.2, -0.15) is 0 Å². The van der Waals surface area contributed by atoms with Gasteiger partial charge in [0.1, 0.15) is 5.78 Å². The van der Waals surface area contributed by atoms with Gasteiger partial charge in [0.25, 0.3) is 0 Å². The van der Waals surface area contributed by atoms with E-state index in [2.05, 4.69) is 19.8 Å². The molecule has 0 saturated carbocycles. The third kappa shape index (κ3) is 6.47. The Morgan fingerprint density at radius 1 is 1.36 bits per heavy atom. The fourth-order valence-corrected chi connectivity index (χ4v) is 1.65. The summed E-state index contributed by atoms with van der Waals surface area (Å²) in [6, 6.07) is 0.0782. The first-order valence-corrected chi connectivity index (χ1v) is 6.03. The molecular formula is C10H23N2OP. The first kappa shape index (κ1) is 14.0. The van der Waals surface area contributed by atoms with E-state index in [0.29, 0.717) is 12.2 Å². The molecule has 0 heterocycles. The molecule has 0 rings (SSSR count). The Morgan fingerprint density at radius 3 is 2.57 bits per heavy atom. The maximum atomic E-state index is 11.5. The van der Waals surface area contributed by atoms with Crippen LogP contribution in [0.1, 0.15) is 39.5 Å². The minimum atomic E-state index is 0.0782. The van der Waals surface area contributed by atoms with Gasteiger partial charge >= 0.3 is 0 Å². The molecule has 0 radical (unpaired) electrons. The van der Waals surface area contributed by atoms with Crippen molar-refractivity contribution in [2.45, 2.75) is 45.6 Å². The van der Waals surface area contributed by atoms with Gasteiger partial charge in [-0.05, 0) is 25.9 Å². The van der Waals surface area contributed by atoms with Gasteiger partial charge in [0.15, 0.2) is 0 Å². The van der Waals surface area contributed by atoms with Crippen molar-refractivity contribution in [2.24, 2.45) is 0 Å². The zero-order valence-electron chi connectivity index (χ0n) is 9.31. The molecule has 2 atom stereocenters. The molecule has 0 aromatic carbocycles. The van der Waals surface area contributed by atoms with Gasteiger partial charge in [0.2, 0.25) is 0 Å². The Labute approximate surface area is 89.7 Å². The highest BCUT2D eigenvalue weighted by atomic mass is 31.0. The van der Waals surface area contributed by atoms with E-state index >= 15 is 0 Å². The van der Waals surface area contributed by atoms with Crippen molar-refractivity contribution in [3.05, 3.63) is 0 Å². The number of ketones is 1. The van der Waals surface area contributed by atoms with Gasteiger partial charge in [-0.3, -0.25) is 4.79 Å². The lowest BCUT2D eigenvalue weighted by molar-refractivity contribution is -0.120. The monoisotopic (exact) mass is 218 g/mol. The SMILES string of the molecule is CCNC(CCCCNP)C(=O)CC. The van der Waals surface area contributed by atoms with Crippen LogP contribution in [0.3, 0.4) is 0 Å². The summed E-state index contributed by atoms with van der Waals surface area (Å²) in [5.74, 6) is 0.339. The predicted molar refractivity (Wildman–Crippen MR) is 64.3 cm³/mol. The lowest BCUT2D eigenvalue weighted by Gasteiger charge is -2.15. The normalized spacial score (nSPS) is 12.8. The molecule has 84 valence electrons. The third-order valence-electron chi connectivity index (χ3n) is 2.25. The van der Waals surface area contributed by atoms with Gasteiger partial charge < -0.3 is 10.4 Å². The smallest absolute Gasteiger partial charge is 0.149 e. The van der Waals surface area contributed by atoms with Crippen LogP contribution < -0.4 is 10.4 Å². The molecule has 0 aromatic heterocycles.